The van der Waals surface area contributed by atoms with E-state index >= 15 is 0 Å². The average Bonchev–Trinajstić information content (AvgIpc) is 3.51. The Morgan fingerprint density at radius 3 is 2.58 bits per heavy atom. The van der Waals surface area contributed by atoms with Gasteiger partial charge >= 0.3 is 12.2 Å². The summed E-state index contributed by atoms with van der Waals surface area (Å²) in [4.78, 5) is 26.3. The molecule has 3 aromatic rings. The zero-order chi connectivity index (χ0) is 30.6. The standard InChI is InChI=1S/C31H34F3N7O2/c1-3-43-28-25(5-4-13-37-28)26-8-6-23(19-38-26)30(39-29(42)41-14-10-24(20-41)36-2)11-15-40(16-12-30)27-9-7-22(31(32,33)34)17-21(27)18-35/h4-9,13,17,19,24,36H,3,10-12,14-16,20H2,1-2H3,(H,39,42)/t24-/m0/s1. The average molecular weight is 594 g/mol. The number of hydrogen-bond donors (Lipinski definition) is 2. The largest absolute Gasteiger partial charge is 0.477 e. The number of urea groups is 1. The van der Waals surface area contributed by atoms with Crippen LogP contribution in [0.15, 0.2) is 54.9 Å². The lowest BCUT2D eigenvalue weighted by molar-refractivity contribution is -0.137. The van der Waals surface area contributed by atoms with Crippen LogP contribution >= 0.6 is 0 Å². The van der Waals surface area contributed by atoms with Crippen LogP contribution in [0.25, 0.3) is 11.3 Å². The number of halogens is 3. The summed E-state index contributed by atoms with van der Waals surface area (Å²) in [5.74, 6) is 0.486. The first kappa shape index (κ1) is 30.1. The van der Waals surface area contributed by atoms with E-state index in [9.17, 15) is 23.2 Å². The third kappa shape index (κ3) is 6.37. The molecule has 9 nitrogen and oxygen atoms in total. The second-order valence-corrected chi connectivity index (χ2v) is 10.8. The molecule has 0 radical (unpaired) electrons. The Bertz CT molecular complexity index is 1480. The summed E-state index contributed by atoms with van der Waals surface area (Å²) in [6.45, 7) is 4.41. The van der Waals surface area contributed by atoms with Crippen LogP contribution in [0.3, 0.4) is 0 Å². The van der Waals surface area contributed by atoms with E-state index in [4.69, 9.17) is 9.72 Å². The van der Waals surface area contributed by atoms with E-state index in [1.165, 1.54) is 6.07 Å². The summed E-state index contributed by atoms with van der Waals surface area (Å²) < 4.78 is 45.5. The number of likely N-dealkylation sites (N-methyl/N-ethyl adjacent to an activating group) is 1. The number of carbonyl (C=O) groups is 1. The molecular formula is C31H34F3N7O2. The number of anilines is 1. The van der Waals surface area contributed by atoms with Crippen molar-refractivity contribution in [3.63, 3.8) is 0 Å². The summed E-state index contributed by atoms with van der Waals surface area (Å²) >= 11 is 0. The number of hydrogen-bond acceptors (Lipinski definition) is 7. The van der Waals surface area contributed by atoms with Gasteiger partial charge in [-0.2, -0.15) is 18.4 Å². The SMILES string of the molecule is CCOc1ncccc1-c1ccc(C2(NC(=O)N3CC[C@H](NC)C3)CCN(c3ccc(C(F)(F)F)cc3C#N)CC2)cn1. The van der Waals surface area contributed by atoms with Gasteiger partial charge in [-0.1, -0.05) is 6.07 Å². The fourth-order valence-electron chi connectivity index (χ4n) is 5.83. The molecular weight excluding hydrogens is 559 g/mol. The van der Waals surface area contributed by atoms with Gasteiger partial charge in [0.2, 0.25) is 5.88 Å². The molecule has 43 heavy (non-hydrogen) atoms. The molecule has 0 saturated carbocycles. The highest BCUT2D eigenvalue weighted by Gasteiger charge is 2.41. The van der Waals surface area contributed by atoms with E-state index in [0.717, 1.165) is 29.7 Å². The number of likely N-dealkylation sites (tertiary alicyclic amines) is 1. The molecule has 2 fully saturated rings. The lowest BCUT2D eigenvalue weighted by atomic mass is 9.81. The topological polar surface area (TPSA) is 106 Å². The number of amides is 2. The highest BCUT2D eigenvalue weighted by molar-refractivity contribution is 5.76. The van der Waals surface area contributed by atoms with Crippen molar-refractivity contribution in [1.29, 1.82) is 5.26 Å². The van der Waals surface area contributed by atoms with Gasteiger partial charge in [0.25, 0.3) is 0 Å². The van der Waals surface area contributed by atoms with Crippen LogP contribution in [0.2, 0.25) is 0 Å². The zero-order valence-electron chi connectivity index (χ0n) is 24.1. The van der Waals surface area contributed by atoms with Crippen molar-refractivity contribution in [3.8, 4) is 23.2 Å². The number of nitriles is 1. The Morgan fingerprint density at radius 1 is 1.16 bits per heavy atom. The summed E-state index contributed by atoms with van der Waals surface area (Å²) in [6, 6.07) is 12.8. The molecule has 0 aliphatic carbocycles. The zero-order valence-corrected chi connectivity index (χ0v) is 24.1. The van der Waals surface area contributed by atoms with E-state index in [1.54, 1.807) is 17.3 Å². The maximum atomic E-state index is 13.5. The Kier molecular flexibility index (Phi) is 8.73. The van der Waals surface area contributed by atoms with Gasteiger partial charge in [0.05, 0.1) is 40.2 Å². The molecule has 1 atom stereocenters. The number of ether oxygens (including phenoxy) is 1. The molecule has 2 amide bonds. The van der Waals surface area contributed by atoms with E-state index in [1.807, 2.05) is 49.2 Å². The lowest BCUT2D eigenvalue weighted by Gasteiger charge is -2.44. The van der Waals surface area contributed by atoms with Gasteiger partial charge < -0.3 is 25.2 Å². The Hall–Kier alpha value is -4.37. The van der Waals surface area contributed by atoms with Crippen molar-refractivity contribution in [2.24, 2.45) is 0 Å². The summed E-state index contributed by atoms with van der Waals surface area (Å²) in [5, 5.41) is 16.2. The van der Waals surface area contributed by atoms with Crippen molar-refractivity contribution in [3.05, 3.63) is 71.5 Å². The van der Waals surface area contributed by atoms with Crippen molar-refractivity contribution in [2.45, 2.75) is 43.9 Å². The van der Waals surface area contributed by atoms with Gasteiger partial charge in [-0.3, -0.25) is 4.98 Å². The number of rotatable bonds is 7. The van der Waals surface area contributed by atoms with Crippen LogP contribution in [-0.2, 0) is 11.7 Å². The maximum absolute atomic E-state index is 13.5. The Morgan fingerprint density at radius 2 is 1.95 bits per heavy atom. The normalized spacial score (nSPS) is 18.3. The minimum absolute atomic E-state index is 0.0332. The second-order valence-electron chi connectivity index (χ2n) is 10.8. The first-order chi connectivity index (χ1) is 20.7. The number of alkyl halides is 3. The molecule has 2 saturated heterocycles. The third-order valence-corrected chi connectivity index (χ3v) is 8.28. The fraction of sp³-hybridized carbons (Fsp3) is 0.419. The molecule has 2 N–H and O–H groups in total. The molecule has 0 bridgehead atoms. The fourth-order valence-corrected chi connectivity index (χ4v) is 5.83. The highest BCUT2D eigenvalue weighted by atomic mass is 19.4. The molecule has 4 heterocycles. The molecule has 2 aliphatic heterocycles. The third-order valence-electron chi connectivity index (χ3n) is 8.28. The molecule has 0 unspecified atom stereocenters. The van der Waals surface area contributed by atoms with Gasteiger partial charge in [-0.05, 0) is 75.2 Å². The van der Waals surface area contributed by atoms with Gasteiger partial charge in [-0.25, -0.2) is 9.78 Å². The molecule has 1 aromatic carbocycles. The quantitative estimate of drug-likeness (QED) is 0.400. The molecule has 2 aliphatic rings. The molecule has 0 spiro atoms. The molecule has 5 rings (SSSR count). The van der Waals surface area contributed by atoms with Gasteiger partial charge in [0, 0.05) is 44.6 Å². The Balaban J connectivity index is 1.43. The second kappa shape index (κ2) is 12.5. The lowest BCUT2D eigenvalue weighted by Crippen LogP contribution is -2.56. The van der Waals surface area contributed by atoms with Gasteiger partial charge in [0.15, 0.2) is 0 Å². The maximum Gasteiger partial charge on any atom is 0.416 e. The van der Waals surface area contributed by atoms with E-state index in [-0.39, 0.29) is 17.6 Å². The van der Waals surface area contributed by atoms with Gasteiger partial charge in [0.1, 0.15) is 6.07 Å². The Labute approximate surface area is 248 Å². The minimum Gasteiger partial charge on any atom is -0.477 e. The van der Waals surface area contributed by atoms with Crippen LogP contribution in [0.1, 0.15) is 42.9 Å². The van der Waals surface area contributed by atoms with E-state index in [2.05, 4.69) is 15.6 Å². The molecule has 12 heteroatoms. The van der Waals surface area contributed by atoms with Crippen molar-refractivity contribution in [2.75, 3.05) is 44.7 Å². The van der Waals surface area contributed by atoms with E-state index in [0.29, 0.717) is 62.9 Å². The number of pyridine rings is 2. The minimum atomic E-state index is -4.54. The predicted octanol–water partition coefficient (Wildman–Crippen LogP) is 4.93. The van der Waals surface area contributed by atoms with Crippen LogP contribution in [-0.4, -0.2) is 66.8 Å². The number of nitrogens with zero attached hydrogens (tertiary/aromatic N) is 5. The first-order valence-electron chi connectivity index (χ1n) is 14.3. The number of aromatic nitrogens is 2. The van der Waals surface area contributed by atoms with Crippen molar-refractivity contribution in [1.82, 2.24) is 25.5 Å². The number of nitrogens with one attached hydrogen (secondary N) is 2. The van der Waals surface area contributed by atoms with Crippen LogP contribution in [0.4, 0.5) is 23.7 Å². The summed E-state index contributed by atoms with van der Waals surface area (Å²) in [5.41, 5.74) is 1.04. The molecule has 226 valence electrons. The van der Waals surface area contributed by atoms with Crippen LogP contribution in [0, 0.1) is 11.3 Å². The monoisotopic (exact) mass is 593 g/mol. The van der Waals surface area contributed by atoms with E-state index < -0.39 is 17.3 Å². The van der Waals surface area contributed by atoms with Crippen LogP contribution < -0.4 is 20.3 Å². The summed E-state index contributed by atoms with van der Waals surface area (Å²) in [6.07, 6.45) is 0.669. The van der Waals surface area contributed by atoms with Crippen LogP contribution in [0.5, 0.6) is 5.88 Å². The summed E-state index contributed by atoms with van der Waals surface area (Å²) in [7, 11) is 1.88. The number of benzene rings is 1. The highest BCUT2D eigenvalue weighted by Crippen LogP contribution is 2.38. The van der Waals surface area contributed by atoms with Gasteiger partial charge in [-0.15, -0.1) is 0 Å². The first-order valence-corrected chi connectivity index (χ1v) is 14.3. The van der Waals surface area contributed by atoms with Crippen molar-refractivity contribution >= 4 is 11.7 Å². The molecule has 2 aromatic heterocycles. The van der Waals surface area contributed by atoms with Crippen molar-refractivity contribution < 1.29 is 22.7 Å². The number of carbonyl (C=O) groups excluding carboxylic acids is 1. The number of piperidine rings is 1. The predicted molar refractivity (Wildman–Crippen MR) is 155 cm³/mol. The smallest absolute Gasteiger partial charge is 0.416 e.